The number of aryl methyl sites for hydroxylation is 2. The first-order valence-corrected chi connectivity index (χ1v) is 10.8. The van der Waals surface area contributed by atoms with Gasteiger partial charge in [0.15, 0.2) is 0 Å². The van der Waals surface area contributed by atoms with E-state index in [0.717, 1.165) is 33.1 Å². The van der Waals surface area contributed by atoms with Crippen LogP contribution in [0.25, 0.3) is 0 Å². The summed E-state index contributed by atoms with van der Waals surface area (Å²) in [4.78, 5) is 25.7. The number of hydrogen-bond donors (Lipinski definition) is 2. The maximum atomic E-state index is 12.4. The average Bonchev–Trinajstić information content (AvgIpc) is 3.04. The van der Waals surface area contributed by atoms with Crippen LogP contribution in [0.1, 0.15) is 28.9 Å². The molecule has 1 unspecified atom stereocenters. The first-order valence-electron chi connectivity index (χ1n) is 9.90. The van der Waals surface area contributed by atoms with Gasteiger partial charge >= 0.3 is 0 Å². The Labute approximate surface area is 180 Å². The molecule has 1 atom stereocenters. The number of rotatable bonds is 6. The smallest absolute Gasteiger partial charge is 0.238 e. The molecule has 2 N–H and O–H groups in total. The summed E-state index contributed by atoms with van der Waals surface area (Å²) in [5.41, 5.74) is 5.09. The second-order valence-electron chi connectivity index (χ2n) is 7.48. The van der Waals surface area contributed by atoms with E-state index < -0.39 is 5.25 Å². The molecule has 2 heterocycles. The highest BCUT2D eigenvalue weighted by molar-refractivity contribution is 8.01. The Kier molecular flexibility index (Phi) is 5.90. The van der Waals surface area contributed by atoms with E-state index in [1.165, 1.54) is 11.8 Å². The number of fused-ring (bicyclic) bond motifs is 1. The topological polar surface area (TPSA) is 76.0 Å². The van der Waals surface area contributed by atoms with E-state index in [0.29, 0.717) is 13.1 Å². The normalized spacial score (nSPS) is 15.4. The molecular weight excluding hydrogens is 396 g/mol. The summed E-state index contributed by atoms with van der Waals surface area (Å²) in [6.45, 7) is 5.15. The van der Waals surface area contributed by atoms with Crippen molar-refractivity contribution in [1.82, 2.24) is 15.1 Å². The first kappa shape index (κ1) is 20.2. The van der Waals surface area contributed by atoms with Crippen molar-refractivity contribution in [2.45, 2.75) is 43.5 Å². The van der Waals surface area contributed by atoms with Crippen LogP contribution in [-0.2, 0) is 22.7 Å². The number of aromatic nitrogens is 2. The molecule has 0 fully saturated rings. The number of hydrogen-bond acceptors (Lipinski definition) is 4. The van der Waals surface area contributed by atoms with Crippen molar-refractivity contribution in [2.24, 2.45) is 0 Å². The molecule has 2 aromatic carbocycles. The van der Waals surface area contributed by atoms with E-state index in [2.05, 4.69) is 33.9 Å². The molecule has 2 amide bonds. The zero-order chi connectivity index (χ0) is 21.1. The molecular formula is C23H24N4O2S. The maximum absolute atomic E-state index is 12.4. The number of nitrogens with one attached hydrogen (secondary N) is 2. The van der Waals surface area contributed by atoms with Crippen LogP contribution in [0.2, 0.25) is 0 Å². The molecule has 0 saturated heterocycles. The average molecular weight is 421 g/mol. The summed E-state index contributed by atoms with van der Waals surface area (Å²) >= 11 is 1.44. The van der Waals surface area contributed by atoms with Gasteiger partial charge in [-0.1, -0.05) is 36.4 Å². The number of anilines is 1. The standard InChI is InChI=1S/C23H24N4O2S/c1-15-10-16(2)27(26-15)14-18-7-5-6-17(11-18)13-24-22(28)12-21-23(29)25-19-8-3-4-9-20(19)30-21/h3-11,21H,12-14H2,1-2H3,(H,24,28)(H,25,29). The molecule has 4 rings (SSSR count). The predicted octanol–water partition coefficient (Wildman–Crippen LogP) is 3.67. The summed E-state index contributed by atoms with van der Waals surface area (Å²) in [5.74, 6) is -0.258. The minimum Gasteiger partial charge on any atom is -0.352 e. The van der Waals surface area contributed by atoms with E-state index in [9.17, 15) is 9.59 Å². The number of thioether (sulfide) groups is 1. The quantitative estimate of drug-likeness (QED) is 0.638. The Balaban J connectivity index is 1.33. The van der Waals surface area contributed by atoms with E-state index in [-0.39, 0.29) is 18.2 Å². The highest BCUT2D eigenvalue weighted by Gasteiger charge is 2.28. The molecule has 1 aliphatic rings. The van der Waals surface area contributed by atoms with Crippen molar-refractivity contribution in [3.05, 3.63) is 77.1 Å². The molecule has 154 valence electrons. The number of carbonyl (C=O) groups excluding carboxylic acids is 2. The molecule has 0 saturated carbocycles. The number of para-hydroxylation sites is 1. The molecule has 0 spiro atoms. The fourth-order valence-corrected chi connectivity index (χ4v) is 4.62. The maximum Gasteiger partial charge on any atom is 0.238 e. The van der Waals surface area contributed by atoms with E-state index in [1.807, 2.05) is 54.9 Å². The lowest BCUT2D eigenvalue weighted by atomic mass is 10.1. The van der Waals surface area contributed by atoms with Gasteiger partial charge in [0.2, 0.25) is 11.8 Å². The Morgan fingerprint density at radius 2 is 1.93 bits per heavy atom. The number of nitrogens with zero attached hydrogens (tertiary/aromatic N) is 2. The van der Waals surface area contributed by atoms with Gasteiger partial charge in [0.25, 0.3) is 0 Å². The van der Waals surface area contributed by atoms with Crippen LogP contribution in [-0.4, -0.2) is 26.8 Å². The van der Waals surface area contributed by atoms with Crippen LogP contribution in [0.15, 0.2) is 59.5 Å². The monoisotopic (exact) mass is 420 g/mol. The number of amides is 2. The molecule has 1 aliphatic heterocycles. The van der Waals surface area contributed by atoms with Crippen molar-refractivity contribution in [2.75, 3.05) is 5.32 Å². The molecule has 0 radical (unpaired) electrons. The summed E-state index contributed by atoms with van der Waals surface area (Å²) in [5, 5.41) is 9.91. The highest BCUT2D eigenvalue weighted by atomic mass is 32.2. The molecule has 6 nitrogen and oxygen atoms in total. The largest absolute Gasteiger partial charge is 0.352 e. The predicted molar refractivity (Wildman–Crippen MR) is 118 cm³/mol. The van der Waals surface area contributed by atoms with Gasteiger partial charge in [0.1, 0.15) is 0 Å². The lowest BCUT2D eigenvalue weighted by Gasteiger charge is -2.23. The van der Waals surface area contributed by atoms with Crippen LogP contribution < -0.4 is 10.6 Å². The third kappa shape index (κ3) is 4.74. The minimum atomic E-state index is -0.419. The van der Waals surface area contributed by atoms with Crippen LogP contribution in [0.4, 0.5) is 5.69 Å². The molecule has 3 aromatic rings. The summed E-state index contributed by atoms with van der Waals surface area (Å²) in [7, 11) is 0. The van der Waals surface area contributed by atoms with E-state index in [1.54, 1.807) is 0 Å². The fraction of sp³-hybridized carbons (Fsp3) is 0.261. The molecule has 1 aromatic heterocycles. The highest BCUT2D eigenvalue weighted by Crippen LogP contribution is 2.36. The van der Waals surface area contributed by atoms with Crippen molar-refractivity contribution < 1.29 is 9.59 Å². The second kappa shape index (κ2) is 8.75. The van der Waals surface area contributed by atoms with E-state index in [4.69, 9.17) is 0 Å². The van der Waals surface area contributed by atoms with Gasteiger partial charge in [-0.25, -0.2) is 0 Å². The fourth-order valence-electron chi connectivity index (χ4n) is 3.51. The molecule has 30 heavy (non-hydrogen) atoms. The summed E-state index contributed by atoms with van der Waals surface area (Å²) < 4.78 is 1.98. The van der Waals surface area contributed by atoms with Gasteiger partial charge in [0, 0.05) is 23.6 Å². The Bertz CT molecular complexity index is 1090. The van der Waals surface area contributed by atoms with Crippen molar-refractivity contribution in [3.63, 3.8) is 0 Å². The molecule has 0 bridgehead atoms. The molecule has 0 aliphatic carbocycles. The lowest BCUT2D eigenvalue weighted by molar-refractivity contribution is -0.124. The van der Waals surface area contributed by atoms with Crippen molar-refractivity contribution >= 4 is 29.3 Å². The third-order valence-electron chi connectivity index (χ3n) is 4.99. The van der Waals surface area contributed by atoms with Gasteiger partial charge in [-0.3, -0.25) is 14.3 Å². The van der Waals surface area contributed by atoms with Crippen LogP contribution in [0.3, 0.4) is 0 Å². The summed E-state index contributed by atoms with van der Waals surface area (Å²) in [6.07, 6.45) is 0.149. The third-order valence-corrected chi connectivity index (χ3v) is 6.27. The van der Waals surface area contributed by atoms with Crippen LogP contribution in [0, 0.1) is 13.8 Å². The van der Waals surface area contributed by atoms with Gasteiger partial charge in [-0.15, -0.1) is 11.8 Å². The Morgan fingerprint density at radius 1 is 1.13 bits per heavy atom. The Hall–Kier alpha value is -3.06. The second-order valence-corrected chi connectivity index (χ2v) is 8.72. The van der Waals surface area contributed by atoms with Crippen molar-refractivity contribution in [1.29, 1.82) is 0 Å². The molecule has 7 heteroatoms. The van der Waals surface area contributed by atoms with Crippen LogP contribution >= 0.6 is 11.8 Å². The van der Waals surface area contributed by atoms with Crippen LogP contribution in [0.5, 0.6) is 0 Å². The number of carbonyl (C=O) groups is 2. The van der Waals surface area contributed by atoms with Crippen molar-refractivity contribution in [3.8, 4) is 0 Å². The Morgan fingerprint density at radius 3 is 2.73 bits per heavy atom. The minimum absolute atomic E-state index is 0.124. The zero-order valence-corrected chi connectivity index (χ0v) is 17.8. The summed E-state index contributed by atoms with van der Waals surface area (Å²) in [6, 6.07) is 17.8. The SMILES string of the molecule is Cc1cc(C)n(Cc2cccc(CNC(=O)CC3Sc4ccccc4NC3=O)c2)n1. The lowest BCUT2D eigenvalue weighted by Crippen LogP contribution is -2.34. The van der Waals surface area contributed by atoms with Gasteiger partial charge in [-0.2, -0.15) is 5.10 Å². The van der Waals surface area contributed by atoms with E-state index >= 15 is 0 Å². The van der Waals surface area contributed by atoms with Gasteiger partial charge in [0.05, 0.1) is 23.2 Å². The first-order chi connectivity index (χ1) is 14.5. The van der Waals surface area contributed by atoms with Gasteiger partial charge in [-0.05, 0) is 43.2 Å². The van der Waals surface area contributed by atoms with Gasteiger partial charge < -0.3 is 10.6 Å². The zero-order valence-electron chi connectivity index (χ0n) is 17.0. The number of benzene rings is 2.